The second kappa shape index (κ2) is 5.11. The van der Waals surface area contributed by atoms with Gasteiger partial charge in [0.25, 0.3) is 0 Å². The zero-order chi connectivity index (χ0) is 14.0. The van der Waals surface area contributed by atoms with E-state index < -0.39 is 11.7 Å². The monoisotopic (exact) mass is 263 g/mol. The van der Waals surface area contributed by atoms with Gasteiger partial charge in [0.1, 0.15) is 11.4 Å². The molecule has 1 unspecified atom stereocenters. The normalized spacial score (nSPS) is 18.6. The zero-order valence-corrected chi connectivity index (χ0v) is 11.7. The maximum atomic E-state index is 11.8. The molecule has 1 amide bonds. The largest absolute Gasteiger partial charge is 0.508 e. The SMILES string of the molecule is CC(C)(C)OC(=O)NC1CCCc2cc(O)ccc21. The minimum absolute atomic E-state index is 0.0285. The summed E-state index contributed by atoms with van der Waals surface area (Å²) in [5, 5.41) is 12.4. The van der Waals surface area contributed by atoms with E-state index in [1.807, 2.05) is 26.8 Å². The molecule has 1 atom stereocenters. The molecule has 19 heavy (non-hydrogen) atoms. The lowest BCUT2D eigenvalue weighted by Gasteiger charge is -2.28. The van der Waals surface area contributed by atoms with Crippen LogP contribution in [0.4, 0.5) is 4.79 Å². The Balaban J connectivity index is 2.09. The highest BCUT2D eigenvalue weighted by atomic mass is 16.6. The third-order valence-corrected chi connectivity index (χ3v) is 3.13. The molecule has 1 aliphatic rings. The Labute approximate surface area is 113 Å². The Hall–Kier alpha value is -1.71. The minimum atomic E-state index is -0.490. The van der Waals surface area contributed by atoms with Gasteiger partial charge in [0.15, 0.2) is 0 Å². The van der Waals surface area contributed by atoms with Gasteiger partial charge in [-0.3, -0.25) is 0 Å². The standard InChI is InChI=1S/C15H21NO3/c1-15(2,3)19-14(18)16-13-6-4-5-10-9-11(17)7-8-12(10)13/h7-9,13,17H,4-6H2,1-3H3,(H,16,18). The molecule has 0 saturated carbocycles. The van der Waals surface area contributed by atoms with Crippen LogP contribution in [0.15, 0.2) is 18.2 Å². The minimum Gasteiger partial charge on any atom is -0.508 e. The lowest BCUT2D eigenvalue weighted by molar-refractivity contribution is 0.0499. The number of aryl methyl sites for hydroxylation is 1. The highest BCUT2D eigenvalue weighted by molar-refractivity contribution is 5.68. The highest BCUT2D eigenvalue weighted by Gasteiger charge is 2.24. The van der Waals surface area contributed by atoms with E-state index in [1.54, 1.807) is 12.1 Å². The molecule has 1 aliphatic carbocycles. The topological polar surface area (TPSA) is 58.6 Å². The number of hydrogen-bond donors (Lipinski definition) is 2. The average molecular weight is 263 g/mol. The van der Waals surface area contributed by atoms with Crippen molar-refractivity contribution >= 4 is 6.09 Å². The third-order valence-electron chi connectivity index (χ3n) is 3.13. The Morgan fingerprint density at radius 3 is 2.84 bits per heavy atom. The summed E-state index contributed by atoms with van der Waals surface area (Å²) in [4.78, 5) is 11.8. The number of nitrogens with one attached hydrogen (secondary N) is 1. The second-order valence-electron chi connectivity index (χ2n) is 5.97. The summed E-state index contributed by atoms with van der Waals surface area (Å²) < 4.78 is 5.28. The van der Waals surface area contributed by atoms with E-state index in [2.05, 4.69) is 5.32 Å². The number of hydrogen-bond acceptors (Lipinski definition) is 3. The zero-order valence-electron chi connectivity index (χ0n) is 11.7. The molecule has 0 spiro atoms. The lowest BCUT2D eigenvalue weighted by Crippen LogP contribution is -2.36. The Morgan fingerprint density at radius 1 is 1.42 bits per heavy atom. The van der Waals surface area contributed by atoms with Crippen molar-refractivity contribution < 1.29 is 14.6 Å². The predicted octanol–water partition coefficient (Wildman–Crippen LogP) is 3.29. The number of phenols is 1. The first-order chi connectivity index (χ1) is 8.85. The number of aromatic hydroxyl groups is 1. The fraction of sp³-hybridized carbons (Fsp3) is 0.533. The molecule has 0 aliphatic heterocycles. The van der Waals surface area contributed by atoms with Crippen LogP contribution < -0.4 is 5.32 Å². The molecule has 0 saturated heterocycles. The van der Waals surface area contributed by atoms with Crippen molar-refractivity contribution in [3.05, 3.63) is 29.3 Å². The maximum Gasteiger partial charge on any atom is 0.408 e. The molecular formula is C15H21NO3. The molecule has 4 nitrogen and oxygen atoms in total. The van der Waals surface area contributed by atoms with Crippen molar-refractivity contribution in [1.82, 2.24) is 5.32 Å². The Bertz CT molecular complexity index is 477. The van der Waals surface area contributed by atoms with Crippen LogP contribution in [0, 0.1) is 0 Å². The number of alkyl carbamates (subject to hydrolysis) is 1. The van der Waals surface area contributed by atoms with E-state index in [4.69, 9.17) is 4.74 Å². The number of benzene rings is 1. The maximum absolute atomic E-state index is 11.8. The number of fused-ring (bicyclic) bond motifs is 1. The number of carbonyl (C=O) groups excluding carboxylic acids is 1. The number of carbonyl (C=O) groups is 1. The quantitative estimate of drug-likeness (QED) is 0.817. The number of ether oxygens (including phenoxy) is 1. The van der Waals surface area contributed by atoms with Crippen molar-refractivity contribution in [3.8, 4) is 5.75 Å². The van der Waals surface area contributed by atoms with Gasteiger partial charge in [-0.15, -0.1) is 0 Å². The van der Waals surface area contributed by atoms with Crippen LogP contribution >= 0.6 is 0 Å². The van der Waals surface area contributed by atoms with Crippen molar-refractivity contribution in [2.45, 2.75) is 51.7 Å². The van der Waals surface area contributed by atoms with Crippen molar-refractivity contribution in [2.75, 3.05) is 0 Å². The Kier molecular flexibility index (Phi) is 3.69. The summed E-state index contributed by atoms with van der Waals surface area (Å²) in [6, 6.07) is 5.29. The van der Waals surface area contributed by atoms with E-state index in [1.165, 1.54) is 0 Å². The fourth-order valence-corrected chi connectivity index (χ4v) is 2.40. The van der Waals surface area contributed by atoms with Gasteiger partial charge in [0.2, 0.25) is 0 Å². The van der Waals surface area contributed by atoms with Crippen LogP contribution in [0.25, 0.3) is 0 Å². The van der Waals surface area contributed by atoms with Gasteiger partial charge in [-0.25, -0.2) is 4.79 Å². The molecule has 104 valence electrons. The second-order valence-corrected chi connectivity index (χ2v) is 5.97. The lowest BCUT2D eigenvalue weighted by atomic mass is 9.87. The van der Waals surface area contributed by atoms with Gasteiger partial charge in [-0.05, 0) is 63.3 Å². The van der Waals surface area contributed by atoms with Crippen LogP contribution in [0.5, 0.6) is 5.75 Å². The molecule has 0 heterocycles. The molecule has 4 heteroatoms. The number of rotatable bonds is 1. The summed E-state index contributed by atoms with van der Waals surface area (Å²) in [7, 11) is 0. The van der Waals surface area contributed by atoms with Crippen molar-refractivity contribution in [3.63, 3.8) is 0 Å². The molecule has 1 aromatic rings. The summed E-state index contributed by atoms with van der Waals surface area (Å²) in [6.07, 6.45) is 2.45. The molecule has 2 N–H and O–H groups in total. The van der Waals surface area contributed by atoms with Crippen LogP contribution in [0.3, 0.4) is 0 Å². The fourth-order valence-electron chi connectivity index (χ4n) is 2.40. The molecule has 1 aromatic carbocycles. The smallest absolute Gasteiger partial charge is 0.408 e. The van der Waals surface area contributed by atoms with E-state index >= 15 is 0 Å². The van der Waals surface area contributed by atoms with E-state index in [0.29, 0.717) is 0 Å². The predicted molar refractivity (Wildman–Crippen MR) is 73.2 cm³/mol. The summed E-state index contributed by atoms with van der Waals surface area (Å²) >= 11 is 0. The first kappa shape index (κ1) is 13.7. The summed E-state index contributed by atoms with van der Waals surface area (Å²) in [6.45, 7) is 5.54. The molecule has 0 fully saturated rings. The van der Waals surface area contributed by atoms with E-state index in [0.717, 1.165) is 30.4 Å². The van der Waals surface area contributed by atoms with Gasteiger partial charge in [-0.1, -0.05) is 6.07 Å². The highest BCUT2D eigenvalue weighted by Crippen LogP contribution is 2.32. The van der Waals surface area contributed by atoms with Crippen molar-refractivity contribution in [1.29, 1.82) is 0 Å². The van der Waals surface area contributed by atoms with Gasteiger partial charge in [0.05, 0.1) is 6.04 Å². The Morgan fingerprint density at radius 2 is 2.16 bits per heavy atom. The molecule has 0 bridgehead atoms. The molecular weight excluding hydrogens is 242 g/mol. The number of phenolic OH excluding ortho intramolecular Hbond substituents is 1. The van der Waals surface area contributed by atoms with Crippen LogP contribution in [0.2, 0.25) is 0 Å². The molecule has 0 radical (unpaired) electrons. The van der Waals surface area contributed by atoms with E-state index in [9.17, 15) is 9.90 Å². The van der Waals surface area contributed by atoms with Gasteiger partial charge >= 0.3 is 6.09 Å². The van der Waals surface area contributed by atoms with Crippen LogP contribution in [0.1, 0.15) is 50.8 Å². The van der Waals surface area contributed by atoms with Gasteiger partial charge < -0.3 is 15.2 Å². The molecule has 2 rings (SSSR count). The summed E-state index contributed by atoms with van der Waals surface area (Å²) in [5.74, 6) is 0.275. The summed E-state index contributed by atoms with van der Waals surface area (Å²) in [5.41, 5.74) is 1.69. The molecule has 0 aromatic heterocycles. The van der Waals surface area contributed by atoms with Crippen molar-refractivity contribution in [2.24, 2.45) is 0 Å². The van der Waals surface area contributed by atoms with Gasteiger partial charge in [0, 0.05) is 0 Å². The number of amides is 1. The van der Waals surface area contributed by atoms with Crippen LogP contribution in [-0.2, 0) is 11.2 Å². The first-order valence-electron chi connectivity index (χ1n) is 6.66. The van der Waals surface area contributed by atoms with E-state index in [-0.39, 0.29) is 11.8 Å². The average Bonchev–Trinajstić information content (AvgIpc) is 2.26. The van der Waals surface area contributed by atoms with Crippen LogP contribution in [-0.4, -0.2) is 16.8 Å². The third kappa shape index (κ3) is 3.63. The first-order valence-corrected chi connectivity index (χ1v) is 6.66. The van der Waals surface area contributed by atoms with Gasteiger partial charge in [-0.2, -0.15) is 0 Å².